The van der Waals surface area contributed by atoms with Gasteiger partial charge in [-0.25, -0.2) is 0 Å². The molecule has 0 saturated heterocycles. The van der Waals surface area contributed by atoms with Crippen molar-refractivity contribution < 1.29 is 9.90 Å². The summed E-state index contributed by atoms with van der Waals surface area (Å²) in [6, 6.07) is 0. The molecule has 22 heavy (non-hydrogen) atoms. The van der Waals surface area contributed by atoms with E-state index in [2.05, 4.69) is 19.9 Å². The monoisotopic (exact) mass is 302 g/mol. The standard InChI is InChI=1S/C20H30O2/c1-19-7-3-4-16(19)18-13(12-21)10-14-11-15(22)5-9-20(14,2)17(18)6-8-19/h10,12-13,15-18,22H,3-9,11H2,1-2H3/t13?,15?,16-,17+,18-,19-,20-/m0/s1. The van der Waals surface area contributed by atoms with E-state index in [1.165, 1.54) is 44.0 Å². The average molecular weight is 302 g/mol. The molecule has 4 aliphatic carbocycles. The fraction of sp³-hybridized carbons (Fsp3) is 0.850. The number of aldehydes is 1. The molecule has 3 fully saturated rings. The van der Waals surface area contributed by atoms with Crippen LogP contribution < -0.4 is 0 Å². The second-order valence-electron chi connectivity index (χ2n) is 9.09. The molecule has 0 aromatic carbocycles. The summed E-state index contributed by atoms with van der Waals surface area (Å²) in [7, 11) is 0. The molecule has 3 saturated carbocycles. The smallest absolute Gasteiger partial charge is 0.127 e. The molecule has 1 N–H and O–H groups in total. The molecule has 0 bridgehead atoms. The van der Waals surface area contributed by atoms with Crippen LogP contribution >= 0.6 is 0 Å². The lowest BCUT2D eigenvalue weighted by Gasteiger charge is -2.58. The second-order valence-corrected chi connectivity index (χ2v) is 9.09. The van der Waals surface area contributed by atoms with Gasteiger partial charge in [0.05, 0.1) is 6.10 Å². The molecule has 0 amide bonds. The van der Waals surface area contributed by atoms with Gasteiger partial charge in [0.25, 0.3) is 0 Å². The van der Waals surface area contributed by atoms with Crippen LogP contribution in [0.2, 0.25) is 0 Å². The third-order valence-electron chi connectivity index (χ3n) is 8.11. The van der Waals surface area contributed by atoms with E-state index in [1.54, 1.807) is 0 Å². The minimum Gasteiger partial charge on any atom is -0.393 e. The van der Waals surface area contributed by atoms with Gasteiger partial charge in [0, 0.05) is 5.92 Å². The molecular formula is C20H30O2. The number of carbonyl (C=O) groups is 1. The van der Waals surface area contributed by atoms with Crippen LogP contribution in [0.5, 0.6) is 0 Å². The summed E-state index contributed by atoms with van der Waals surface area (Å²) in [6.07, 6.45) is 12.8. The van der Waals surface area contributed by atoms with E-state index < -0.39 is 0 Å². The van der Waals surface area contributed by atoms with Crippen molar-refractivity contribution in [3.05, 3.63) is 11.6 Å². The zero-order chi connectivity index (χ0) is 15.5. The van der Waals surface area contributed by atoms with Gasteiger partial charge in [-0.15, -0.1) is 0 Å². The molecule has 4 rings (SSSR count). The molecule has 2 unspecified atom stereocenters. The van der Waals surface area contributed by atoms with Crippen LogP contribution in [-0.4, -0.2) is 17.5 Å². The number of aliphatic hydroxyl groups is 1. The third kappa shape index (κ3) is 1.92. The molecule has 0 radical (unpaired) electrons. The highest BCUT2D eigenvalue weighted by atomic mass is 16.3. The molecule has 7 atom stereocenters. The summed E-state index contributed by atoms with van der Waals surface area (Å²) >= 11 is 0. The predicted octanol–water partition coefficient (Wildman–Crippen LogP) is 4.13. The summed E-state index contributed by atoms with van der Waals surface area (Å²) in [5.74, 6) is 2.05. The summed E-state index contributed by atoms with van der Waals surface area (Å²) in [6.45, 7) is 4.91. The zero-order valence-electron chi connectivity index (χ0n) is 14.1. The van der Waals surface area contributed by atoms with Crippen LogP contribution in [-0.2, 0) is 4.79 Å². The quantitative estimate of drug-likeness (QED) is 0.584. The van der Waals surface area contributed by atoms with E-state index in [4.69, 9.17) is 0 Å². The third-order valence-corrected chi connectivity index (χ3v) is 8.11. The van der Waals surface area contributed by atoms with Crippen molar-refractivity contribution in [2.75, 3.05) is 0 Å². The van der Waals surface area contributed by atoms with Crippen LogP contribution in [0.25, 0.3) is 0 Å². The van der Waals surface area contributed by atoms with Crippen LogP contribution in [0.4, 0.5) is 0 Å². The van der Waals surface area contributed by atoms with Crippen molar-refractivity contribution in [1.82, 2.24) is 0 Å². The van der Waals surface area contributed by atoms with Gasteiger partial charge >= 0.3 is 0 Å². The van der Waals surface area contributed by atoms with E-state index in [0.717, 1.165) is 25.2 Å². The Hall–Kier alpha value is -0.630. The number of carbonyl (C=O) groups excluding carboxylic acids is 1. The molecule has 0 aromatic rings. The largest absolute Gasteiger partial charge is 0.393 e. The lowest BCUT2D eigenvalue weighted by molar-refractivity contribution is -0.118. The maximum atomic E-state index is 11.9. The molecule has 0 heterocycles. The number of hydrogen-bond acceptors (Lipinski definition) is 2. The highest BCUT2D eigenvalue weighted by Crippen LogP contribution is 2.65. The number of fused-ring (bicyclic) bond motifs is 5. The number of allylic oxidation sites excluding steroid dienone is 1. The average Bonchev–Trinajstić information content (AvgIpc) is 2.89. The van der Waals surface area contributed by atoms with Crippen LogP contribution in [0.1, 0.15) is 65.2 Å². The van der Waals surface area contributed by atoms with Crippen molar-refractivity contribution in [2.45, 2.75) is 71.3 Å². The number of hydrogen-bond donors (Lipinski definition) is 1. The molecule has 0 spiro atoms. The van der Waals surface area contributed by atoms with Gasteiger partial charge in [-0.3, -0.25) is 0 Å². The maximum absolute atomic E-state index is 11.9. The van der Waals surface area contributed by atoms with Crippen molar-refractivity contribution in [3.8, 4) is 0 Å². The first-order valence-corrected chi connectivity index (χ1v) is 9.32. The summed E-state index contributed by atoms with van der Waals surface area (Å²) in [5, 5.41) is 10.1. The molecule has 2 heteroatoms. The molecule has 0 aliphatic heterocycles. The van der Waals surface area contributed by atoms with Crippen molar-refractivity contribution in [2.24, 2.45) is 34.5 Å². The Morgan fingerprint density at radius 2 is 1.95 bits per heavy atom. The van der Waals surface area contributed by atoms with E-state index in [9.17, 15) is 9.90 Å². The fourth-order valence-corrected chi connectivity index (χ4v) is 6.84. The summed E-state index contributed by atoms with van der Waals surface area (Å²) in [4.78, 5) is 11.9. The normalized spacial score (nSPS) is 54.0. The van der Waals surface area contributed by atoms with E-state index >= 15 is 0 Å². The Morgan fingerprint density at radius 3 is 2.73 bits per heavy atom. The SMILES string of the molecule is C[C@@]12CCC[C@H]1[C@@H]1C(C=O)C=C3CC(O)CC[C@]3(C)[C@@H]1CC2. The van der Waals surface area contributed by atoms with Crippen LogP contribution in [0, 0.1) is 34.5 Å². The van der Waals surface area contributed by atoms with Gasteiger partial charge in [-0.2, -0.15) is 0 Å². The van der Waals surface area contributed by atoms with Gasteiger partial charge in [0.1, 0.15) is 6.29 Å². The summed E-state index contributed by atoms with van der Waals surface area (Å²) < 4.78 is 0. The first kappa shape index (κ1) is 14.9. The summed E-state index contributed by atoms with van der Waals surface area (Å²) in [5.41, 5.74) is 2.12. The number of rotatable bonds is 1. The lowest BCUT2D eigenvalue weighted by Crippen LogP contribution is -2.52. The first-order chi connectivity index (χ1) is 10.5. The number of aliphatic hydroxyl groups excluding tert-OH is 1. The molecule has 2 nitrogen and oxygen atoms in total. The van der Waals surface area contributed by atoms with Gasteiger partial charge in [0.2, 0.25) is 0 Å². The van der Waals surface area contributed by atoms with Crippen LogP contribution in [0.15, 0.2) is 11.6 Å². The Bertz CT molecular complexity index is 510. The Kier molecular flexibility index (Phi) is 3.35. The Morgan fingerprint density at radius 1 is 1.14 bits per heavy atom. The highest BCUT2D eigenvalue weighted by Gasteiger charge is 2.58. The fourth-order valence-electron chi connectivity index (χ4n) is 6.84. The van der Waals surface area contributed by atoms with Gasteiger partial charge in [-0.1, -0.05) is 31.9 Å². The second kappa shape index (κ2) is 4.93. The zero-order valence-corrected chi connectivity index (χ0v) is 14.1. The topological polar surface area (TPSA) is 37.3 Å². The van der Waals surface area contributed by atoms with E-state index in [1.807, 2.05) is 0 Å². The molecular weight excluding hydrogens is 272 g/mol. The van der Waals surface area contributed by atoms with Gasteiger partial charge < -0.3 is 9.90 Å². The first-order valence-electron chi connectivity index (χ1n) is 9.32. The highest BCUT2D eigenvalue weighted by molar-refractivity contribution is 5.59. The van der Waals surface area contributed by atoms with Gasteiger partial charge in [0.15, 0.2) is 0 Å². The Balaban J connectivity index is 1.77. The Labute approximate surface area is 134 Å². The van der Waals surface area contributed by atoms with E-state index in [-0.39, 0.29) is 17.4 Å². The molecule has 4 aliphatic rings. The predicted molar refractivity (Wildman–Crippen MR) is 87.3 cm³/mol. The minimum absolute atomic E-state index is 0.0982. The molecule has 0 aromatic heterocycles. The molecule has 122 valence electrons. The lowest BCUT2D eigenvalue weighted by atomic mass is 9.46. The van der Waals surface area contributed by atoms with Crippen molar-refractivity contribution in [1.29, 1.82) is 0 Å². The van der Waals surface area contributed by atoms with Gasteiger partial charge in [-0.05, 0) is 73.5 Å². The van der Waals surface area contributed by atoms with E-state index in [0.29, 0.717) is 17.3 Å². The maximum Gasteiger partial charge on any atom is 0.127 e. The van der Waals surface area contributed by atoms with Crippen molar-refractivity contribution >= 4 is 6.29 Å². The van der Waals surface area contributed by atoms with Crippen LogP contribution in [0.3, 0.4) is 0 Å². The minimum atomic E-state index is -0.191. The van der Waals surface area contributed by atoms with Crippen molar-refractivity contribution in [3.63, 3.8) is 0 Å².